The highest BCUT2D eigenvalue weighted by atomic mass is 79.9. The van der Waals surface area contributed by atoms with E-state index in [1.807, 2.05) is 30.3 Å². The van der Waals surface area contributed by atoms with E-state index >= 15 is 0 Å². The lowest BCUT2D eigenvalue weighted by Gasteiger charge is -2.10. The number of anilines is 1. The van der Waals surface area contributed by atoms with Crippen LogP contribution in [0.3, 0.4) is 0 Å². The summed E-state index contributed by atoms with van der Waals surface area (Å²) in [4.78, 5) is 4.47. The Bertz CT molecular complexity index is 1350. The maximum Gasteiger partial charge on any atom is 0.234 e. The fourth-order valence-corrected chi connectivity index (χ4v) is 4.75. The second-order valence-corrected chi connectivity index (χ2v) is 9.80. The number of nitrogens with one attached hydrogen (secondary N) is 1. The molecule has 1 N–H and O–H groups in total. The first-order valence-electron chi connectivity index (χ1n) is 9.94. The Morgan fingerprint density at radius 3 is 2.30 bits per heavy atom. The fourth-order valence-electron chi connectivity index (χ4n) is 3.20. The van der Waals surface area contributed by atoms with Crippen LogP contribution in [-0.2, 0) is 16.4 Å². The Kier molecular flexibility index (Phi) is 6.71. The summed E-state index contributed by atoms with van der Waals surface area (Å²) in [6, 6.07) is 21.0. The molecule has 7 nitrogen and oxygen atoms in total. The summed E-state index contributed by atoms with van der Waals surface area (Å²) in [5, 5.41) is 2.91. The van der Waals surface area contributed by atoms with Crippen molar-refractivity contribution in [3.63, 3.8) is 0 Å². The smallest absolute Gasteiger partial charge is 0.234 e. The molecule has 0 bridgehead atoms. The first kappa shape index (κ1) is 22.9. The Balaban J connectivity index is 1.72. The van der Waals surface area contributed by atoms with Crippen LogP contribution in [0.2, 0.25) is 0 Å². The molecule has 170 valence electrons. The van der Waals surface area contributed by atoms with Crippen molar-refractivity contribution in [3.05, 3.63) is 82.8 Å². The van der Waals surface area contributed by atoms with Gasteiger partial charge in [-0.2, -0.15) is 4.98 Å². The quantitative estimate of drug-likeness (QED) is 0.319. The molecule has 0 fully saturated rings. The van der Waals surface area contributed by atoms with Crippen molar-refractivity contribution < 1.29 is 22.3 Å². The van der Waals surface area contributed by atoms with Crippen molar-refractivity contribution in [1.82, 2.24) is 4.98 Å². The molecule has 0 aliphatic rings. The van der Waals surface area contributed by atoms with Crippen molar-refractivity contribution >= 4 is 31.7 Å². The third-order valence-electron chi connectivity index (χ3n) is 4.90. The van der Waals surface area contributed by atoms with Crippen LogP contribution in [0.5, 0.6) is 11.5 Å². The van der Waals surface area contributed by atoms with Crippen molar-refractivity contribution in [2.45, 2.75) is 16.5 Å². The van der Waals surface area contributed by atoms with Gasteiger partial charge in [-0.15, -0.1) is 0 Å². The number of nitrogens with zero attached hydrogens (tertiary/aromatic N) is 1. The van der Waals surface area contributed by atoms with Crippen LogP contribution in [0.25, 0.3) is 11.5 Å². The van der Waals surface area contributed by atoms with Gasteiger partial charge < -0.3 is 19.2 Å². The maximum atomic E-state index is 13.4. The van der Waals surface area contributed by atoms with E-state index in [2.05, 4.69) is 26.2 Å². The average Bonchev–Trinajstić information content (AvgIpc) is 3.28. The van der Waals surface area contributed by atoms with Crippen LogP contribution in [-0.4, -0.2) is 27.6 Å². The van der Waals surface area contributed by atoms with Crippen molar-refractivity contribution in [1.29, 1.82) is 0 Å². The predicted octanol–water partition coefficient (Wildman–Crippen LogP) is 5.57. The SMILES string of the molecule is COc1ccc(CNc2oc(-c3ccccc3)nc2S(=O)(=O)c2ccc(Br)cc2)cc1OC. The van der Waals surface area contributed by atoms with Gasteiger partial charge in [-0.25, -0.2) is 8.42 Å². The molecule has 33 heavy (non-hydrogen) atoms. The number of oxazole rings is 1. The minimum atomic E-state index is -3.93. The molecule has 9 heteroatoms. The Morgan fingerprint density at radius 1 is 0.939 bits per heavy atom. The van der Waals surface area contributed by atoms with Crippen molar-refractivity contribution in [2.75, 3.05) is 19.5 Å². The van der Waals surface area contributed by atoms with Gasteiger partial charge in [-0.1, -0.05) is 40.2 Å². The molecule has 1 aromatic heterocycles. The number of sulfone groups is 1. The standard InChI is InChI=1S/C24H21BrN2O5S/c1-30-20-13-8-16(14-21(20)31-2)15-26-23-24(27-22(32-23)17-6-4-3-5-7-17)33(28,29)19-11-9-18(25)10-12-19/h3-14,26H,15H2,1-2H3. The van der Waals surface area contributed by atoms with E-state index in [9.17, 15) is 8.42 Å². The summed E-state index contributed by atoms with van der Waals surface area (Å²) in [5.74, 6) is 1.44. The zero-order valence-corrected chi connectivity index (χ0v) is 20.3. The van der Waals surface area contributed by atoms with E-state index in [-0.39, 0.29) is 28.2 Å². The second kappa shape index (κ2) is 9.68. The molecular formula is C24H21BrN2O5S. The molecule has 0 spiro atoms. The van der Waals surface area contributed by atoms with Crippen LogP contribution in [0.15, 0.2) is 91.6 Å². The predicted molar refractivity (Wildman–Crippen MR) is 128 cm³/mol. The molecule has 0 saturated carbocycles. The molecule has 0 unspecified atom stereocenters. The third-order valence-corrected chi connectivity index (χ3v) is 7.10. The van der Waals surface area contributed by atoms with E-state index < -0.39 is 9.84 Å². The van der Waals surface area contributed by atoms with Gasteiger partial charge >= 0.3 is 0 Å². The van der Waals surface area contributed by atoms with E-state index in [0.29, 0.717) is 17.1 Å². The number of benzene rings is 3. The first-order chi connectivity index (χ1) is 15.9. The van der Waals surface area contributed by atoms with Gasteiger partial charge in [0.15, 0.2) is 11.5 Å². The van der Waals surface area contributed by atoms with Gasteiger partial charge in [0.1, 0.15) is 0 Å². The van der Waals surface area contributed by atoms with E-state index in [1.54, 1.807) is 44.6 Å². The van der Waals surface area contributed by atoms with Crippen molar-refractivity contribution in [3.8, 4) is 23.0 Å². The zero-order valence-electron chi connectivity index (χ0n) is 17.9. The molecule has 0 saturated heterocycles. The van der Waals surface area contributed by atoms with Crippen LogP contribution >= 0.6 is 15.9 Å². The van der Waals surface area contributed by atoms with Crippen LogP contribution < -0.4 is 14.8 Å². The molecule has 3 aromatic carbocycles. The number of hydrogen-bond donors (Lipinski definition) is 1. The molecule has 0 atom stereocenters. The summed E-state index contributed by atoms with van der Waals surface area (Å²) in [6.07, 6.45) is 0. The summed E-state index contributed by atoms with van der Waals surface area (Å²) in [7, 11) is -0.814. The fraction of sp³-hybridized carbons (Fsp3) is 0.125. The lowest BCUT2D eigenvalue weighted by Crippen LogP contribution is -2.07. The minimum Gasteiger partial charge on any atom is -0.493 e. The lowest BCUT2D eigenvalue weighted by atomic mass is 10.2. The zero-order chi connectivity index (χ0) is 23.4. The van der Waals surface area contributed by atoms with Gasteiger partial charge in [0.25, 0.3) is 0 Å². The maximum absolute atomic E-state index is 13.4. The molecule has 1 heterocycles. The van der Waals surface area contributed by atoms with Crippen LogP contribution in [0.1, 0.15) is 5.56 Å². The number of aromatic nitrogens is 1. The van der Waals surface area contributed by atoms with Gasteiger partial charge in [0, 0.05) is 16.6 Å². The molecule has 4 aromatic rings. The van der Waals surface area contributed by atoms with E-state index in [0.717, 1.165) is 10.0 Å². The highest BCUT2D eigenvalue weighted by Gasteiger charge is 2.28. The summed E-state index contributed by atoms with van der Waals surface area (Å²) >= 11 is 3.33. The number of rotatable bonds is 8. The van der Waals surface area contributed by atoms with Gasteiger partial charge in [0.05, 0.1) is 19.1 Å². The number of halogens is 1. The molecule has 0 aliphatic heterocycles. The Labute approximate surface area is 200 Å². The molecule has 0 radical (unpaired) electrons. The minimum absolute atomic E-state index is 0.0616. The van der Waals surface area contributed by atoms with Crippen LogP contribution in [0, 0.1) is 0 Å². The molecule has 0 aliphatic carbocycles. The van der Waals surface area contributed by atoms with E-state index in [4.69, 9.17) is 13.9 Å². The first-order valence-corrected chi connectivity index (χ1v) is 12.2. The summed E-state index contributed by atoms with van der Waals surface area (Å²) in [6.45, 7) is 0.284. The molecule has 0 amide bonds. The topological polar surface area (TPSA) is 90.7 Å². The van der Waals surface area contributed by atoms with Gasteiger partial charge in [-0.05, 0) is 54.1 Å². The normalized spacial score (nSPS) is 11.2. The monoisotopic (exact) mass is 528 g/mol. The summed E-state index contributed by atoms with van der Waals surface area (Å²) in [5.41, 5.74) is 1.52. The average molecular weight is 529 g/mol. The highest BCUT2D eigenvalue weighted by Crippen LogP contribution is 2.34. The number of methoxy groups -OCH3 is 2. The summed E-state index contributed by atoms with van der Waals surface area (Å²) < 4.78 is 44.1. The van der Waals surface area contributed by atoms with Crippen molar-refractivity contribution in [2.24, 2.45) is 0 Å². The highest BCUT2D eigenvalue weighted by molar-refractivity contribution is 9.10. The Hall–Kier alpha value is -3.30. The van der Waals surface area contributed by atoms with Gasteiger partial charge in [0.2, 0.25) is 26.6 Å². The largest absolute Gasteiger partial charge is 0.493 e. The molecular weight excluding hydrogens is 508 g/mol. The van der Waals surface area contributed by atoms with Crippen LogP contribution in [0.4, 0.5) is 5.88 Å². The Morgan fingerprint density at radius 2 is 1.64 bits per heavy atom. The third kappa shape index (κ3) is 4.89. The van der Waals surface area contributed by atoms with E-state index in [1.165, 1.54) is 12.1 Å². The number of ether oxygens (including phenoxy) is 2. The molecule has 4 rings (SSSR count). The number of hydrogen-bond acceptors (Lipinski definition) is 7. The second-order valence-electron chi connectivity index (χ2n) is 7.02. The van der Waals surface area contributed by atoms with Gasteiger partial charge in [-0.3, -0.25) is 0 Å². The lowest BCUT2D eigenvalue weighted by molar-refractivity contribution is 0.354.